The van der Waals surface area contributed by atoms with Crippen LogP contribution >= 0.6 is 7.80 Å². The smallest absolute Gasteiger partial charge is 0.0747 e. The van der Waals surface area contributed by atoms with Gasteiger partial charge in [-0.2, -0.15) is 0 Å². The summed E-state index contributed by atoms with van der Waals surface area (Å²) in [6, 6.07) is 0. The predicted molar refractivity (Wildman–Crippen MR) is 93.3 cm³/mol. The van der Waals surface area contributed by atoms with Gasteiger partial charge in [-0.3, -0.25) is 4.57 Å². The maximum Gasteiger partial charge on any atom is 0.0747 e. The zero-order valence-electron chi connectivity index (χ0n) is 14.3. The second-order valence-electron chi connectivity index (χ2n) is 6.29. The average Bonchev–Trinajstić information content (AvgIpc) is 2.47. The Labute approximate surface area is 129 Å². The van der Waals surface area contributed by atoms with Crippen molar-refractivity contribution in [2.45, 2.75) is 110 Å². The Morgan fingerprint density at radius 3 is 1.50 bits per heavy atom. The van der Waals surface area contributed by atoms with Crippen LogP contribution in [0.4, 0.5) is 0 Å². The van der Waals surface area contributed by atoms with E-state index >= 15 is 0 Å². The SMILES string of the molecule is CCCCCCCCCCCCCC[P](=O)C(C)CC. The quantitative estimate of drug-likeness (QED) is 0.229. The molecule has 0 aliphatic rings. The number of hydrogen-bond acceptors (Lipinski definition) is 1. The number of hydrogen-bond donors (Lipinski definition) is 0. The van der Waals surface area contributed by atoms with E-state index in [0.29, 0.717) is 5.66 Å². The maximum absolute atomic E-state index is 11.8. The van der Waals surface area contributed by atoms with Crippen LogP contribution in [0.15, 0.2) is 0 Å². The summed E-state index contributed by atoms with van der Waals surface area (Å²) >= 11 is 0. The summed E-state index contributed by atoms with van der Waals surface area (Å²) in [5.74, 6) is 0. The Balaban J connectivity index is 3.11. The van der Waals surface area contributed by atoms with Crippen LogP contribution in [0.25, 0.3) is 0 Å². The van der Waals surface area contributed by atoms with Gasteiger partial charge in [0.2, 0.25) is 0 Å². The van der Waals surface area contributed by atoms with Gasteiger partial charge >= 0.3 is 0 Å². The van der Waals surface area contributed by atoms with Crippen molar-refractivity contribution >= 4 is 7.80 Å². The van der Waals surface area contributed by atoms with Crippen molar-refractivity contribution in [3.05, 3.63) is 0 Å². The van der Waals surface area contributed by atoms with E-state index in [9.17, 15) is 4.57 Å². The summed E-state index contributed by atoms with van der Waals surface area (Å²) in [6.07, 6.45) is 18.6. The summed E-state index contributed by atoms with van der Waals surface area (Å²) in [4.78, 5) is 0. The first-order valence-electron chi connectivity index (χ1n) is 9.16. The molecule has 0 amide bonds. The second-order valence-corrected chi connectivity index (χ2v) is 8.45. The molecular weight excluding hydrogens is 263 g/mol. The van der Waals surface area contributed by atoms with Crippen molar-refractivity contribution in [1.29, 1.82) is 0 Å². The van der Waals surface area contributed by atoms with Gasteiger partial charge in [0, 0.05) is 11.8 Å². The summed E-state index contributed by atoms with van der Waals surface area (Å²) in [5.41, 5.74) is 0.428. The summed E-state index contributed by atoms with van der Waals surface area (Å²) in [5, 5.41) is 0. The monoisotopic (exact) mass is 301 g/mol. The number of rotatable bonds is 15. The van der Waals surface area contributed by atoms with Crippen molar-refractivity contribution < 1.29 is 4.57 Å². The Morgan fingerprint density at radius 1 is 0.700 bits per heavy atom. The lowest BCUT2D eigenvalue weighted by Crippen LogP contribution is -1.95. The van der Waals surface area contributed by atoms with Crippen molar-refractivity contribution in [3.8, 4) is 0 Å². The molecule has 0 aliphatic carbocycles. The molecule has 0 heterocycles. The molecule has 1 nitrogen and oxygen atoms in total. The molecule has 0 saturated carbocycles. The summed E-state index contributed by atoms with van der Waals surface area (Å²) < 4.78 is 11.8. The van der Waals surface area contributed by atoms with Gasteiger partial charge < -0.3 is 0 Å². The minimum atomic E-state index is -0.930. The molecule has 0 spiro atoms. The van der Waals surface area contributed by atoms with Crippen molar-refractivity contribution in [2.75, 3.05) is 6.16 Å². The summed E-state index contributed by atoms with van der Waals surface area (Å²) in [6.45, 7) is 6.54. The van der Waals surface area contributed by atoms with Crippen LogP contribution in [0.2, 0.25) is 0 Å². The first-order valence-corrected chi connectivity index (χ1v) is 10.7. The first-order chi connectivity index (χ1) is 9.72. The lowest BCUT2D eigenvalue weighted by atomic mass is 10.1. The third-order valence-electron chi connectivity index (χ3n) is 4.31. The van der Waals surface area contributed by atoms with E-state index in [-0.39, 0.29) is 0 Å². The van der Waals surface area contributed by atoms with Gasteiger partial charge in [-0.15, -0.1) is 0 Å². The van der Waals surface area contributed by atoms with E-state index in [2.05, 4.69) is 20.8 Å². The lowest BCUT2D eigenvalue weighted by Gasteiger charge is -2.07. The van der Waals surface area contributed by atoms with Crippen LogP contribution in [-0.4, -0.2) is 11.8 Å². The van der Waals surface area contributed by atoms with E-state index in [1.54, 1.807) is 0 Å². The fourth-order valence-corrected chi connectivity index (χ4v) is 3.92. The minimum absolute atomic E-state index is 0.428. The van der Waals surface area contributed by atoms with Crippen molar-refractivity contribution in [3.63, 3.8) is 0 Å². The molecule has 2 unspecified atom stereocenters. The molecule has 1 radical (unpaired) electrons. The van der Waals surface area contributed by atoms with Crippen LogP contribution in [0.5, 0.6) is 0 Å². The van der Waals surface area contributed by atoms with E-state index in [4.69, 9.17) is 0 Å². The van der Waals surface area contributed by atoms with Crippen molar-refractivity contribution in [2.24, 2.45) is 0 Å². The second kappa shape index (κ2) is 15.5. The fraction of sp³-hybridized carbons (Fsp3) is 1.00. The molecule has 0 aromatic heterocycles. The van der Waals surface area contributed by atoms with Crippen LogP contribution < -0.4 is 0 Å². The Bertz CT molecular complexity index is 215. The van der Waals surface area contributed by atoms with Gasteiger partial charge in [0.1, 0.15) is 0 Å². The molecule has 0 N–H and O–H groups in total. The van der Waals surface area contributed by atoms with E-state index < -0.39 is 7.80 Å². The van der Waals surface area contributed by atoms with E-state index in [1.165, 1.54) is 77.0 Å². The third kappa shape index (κ3) is 13.1. The van der Waals surface area contributed by atoms with Gasteiger partial charge in [-0.05, 0) is 12.8 Å². The van der Waals surface area contributed by atoms with Gasteiger partial charge in [0.05, 0.1) is 7.80 Å². The van der Waals surface area contributed by atoms with Crippen molar-refractivity contribution in [1.82, 2.24) is 0 Å². The zero-order valence-corrected chi connectivity index (χ0v) is 15.2. The fourth-order valence-electron chi connectivity index (χ4n) is 2.53. The molecule has 2 atom stereocenters. The zero-order chi connectivity index (χ0) is 15.1. The average molecular weight is 301 g/mol. The lowest BCUT2D eigenvalue weighted by molar-refractivity contribution is 0.545. The van der Waals surface area contributed by atoms with Gasteiger partial charge in [0.15, 0.2) is 0 Å². The molecule has 0 saturated heterocycles. The molecule has 20 heavy (non-hydrogen) atoms. The molecule has 0 aromatic rings. The molecule has 0 aliphatic heterocycles. The molecule has 2 heteroatoms. The summed E-state index contributed by atoms with van der Waals surface area (Å²) in [7, 11) is -0.930. The highest BCUT2D eigenvalue weighted by Crippen LogP contribution is 2.31. The largest absolute Gasteiger partial charge is 0.287 e. The van der Waals surface area contributed by atoms with Gasteiger partial charge in [0.25, 0.3) is 0 Å². The highest BCUT2D eigenvalue weighted by atomic mass is 31.1. The van der Waals surface area contributed by atoms with Crippen LogP contribution in [-0.2, 0) is 4.57 Å². The van der Waals surface area contributed by atoms with Gasteiger partial charge in [-0.1, -0.05) is 91.4 Å². The molecular formula is C18H38OP. The molecule has 0 fully saturated rings. The standard InChI is InChI=1S/C18H38OP/c1-4-6-7-8-9-10-11-12-13-14-15-16-17-20(19)18(3)5-2/h18H,4-17H2,1-3H3. The molecule has 0 aromatic carbocycles. The Hall–Kier alpha value is 0.100. The highest BCUT2D eigenvalue weighted by Gasteiger charge is 2.08. The van der Waals surface area contributed by atoms with Crippen LogP contribution in [0, 0.1) is 0 Å². The minimum Gasteiger partial charge on any atom is -0.287 e. The maximum atomic E-state index is 11.8. The van der Waals surface area contributed by atoms with Crippen LogP contribution in [0.1, 0.15) is 104 Å². The van der Waals surface area contributed by atoms with E-state index in [0.717, 1.165) is 12.6 Å². The topological polar surface area (TPSA) is 17.1 Å². The number of unbranched alkanes of at least 4 members (excludes halogenated alkanes) is 11. The highest BCUT2D eigenvalue weighted by molar-refractivity contribution is 7.45. The Morgan fingerprint density at radius 2 is 1.10 bits per heavy atom. The van der Waals surface area contributed by atoms with Crippen LogP contribution in [0.3, 0.4) is 0 Å². The molecule has 0 rings (SSSR count). The third-order valence-corrected chi connectivity index (χ3v) is 6.42. The molecule has 0 bridgehead atoms. The van der Waals surface area contributed by atoms with E-state index in [1.807, 2.05) is 0 Å². The van der Waals surface area contributed by atoms with Gasteiger partial charge in [-0.25, -0.2) is 0 Å². The Kier molecular flexibility index (Phi) is 15.6. The normalized spacial score (nSPS) is 13.4. The molecule has 121 valence electrons. The predicted octanol–water partition coefficient (Wildman–Crippen LogP) is 7.31. The first kappa shape index (κ1) is 20.1.